The van der Waals surface area contributed by atoms with Crippen molar-refractivity contribution in [3.8, 4) is 0 Å². The molecule has 0 radical (unpaired) electrons. The summed E-state index contributed by atoms with van der Waals surface area (Å²) < 4.78 is 48.7. The first kappa shape index (κ1) is 23.0. The Morgan fingerprint density at radius 1 is 1.33 bits per heavy atom. The number of Topliss-reactive ketones (excluding diaryl/α,β-unsaturated/α-hetero) is 1. The lowest BCUT2D eigenvalue weighted by atomic mass is 9.84. The fourth-order valence-corrected chi connectivity index (χ4v) is 2.94. The van der Waals surface area contributed by atoms with E-state index in [0.717, 1.165) is 13.0 Å². The number of hydrogen-bond donors (Lipinski definition) is 2. The van der Waals surface area contributed by atoms with Crippen LogP contribution in [0.1, 0.15) is 28.5 Å². The Balaban J connectivity index is 0.00000101. The second-order valence-electron chi connectivity index (χ2n) is 6.61. The number of rotatable bonds is 4. The van der Waals surface area contributed by atoms with E-state index in [0.29, 0.717) is 5.56 Å². The van der Waals surface area contributed by atoms with E-state index in [9.17, 15) is 18.0 Å². The molecule has 7 nitrogen and oxygen atoms in total. The molecule has 2 heterocycles. The fraction of sp³-hybridized carbons (Fsp3) is 0.300. The third kappa shape index (κ3) is 5.01. The summed E-state index contributed by atoms with van der Waals surface area (Å²) in [6.07, 6.45) is 1.37. The van der Waals surface area contributed by atoms with Crippen LogP contribution >= 0.6 is 0 Å². The summed E-state index contributed by atoms with van der Waals surface area (Å²) in [5, 5.41) is 6.89. The van der Waals surface area contributed by atoms with Crippen LogP contribution in [-0.4, -0.2) is 47.3 Å². The van der Waals surface area contributed by atoms with Gasteiger partial charge in [0, 0.05) is 18.2 Å². The third-order valence-electron chi connectivity index (χ3n) is 4.48. The molecule has 1 aromatic heterocycles. The first-order chi connectivity index (χ1) is 14.1. The van der Waals surface area contributed by atoms with Crippen molar-refractivity contribution in [2.45, 2.75) is 24.8 Å². The SMILES string of the molecule is C[C@]1(c2cc(CC(=O)c3ccccn3)ccc2F)N=C(N)COCC1(F)F.O=CO. The number of pyridine rings is 1. The fourth-order valence-electron chi connectivity index (χ4n) is 2.94. The number of nitrogens with two attached hydrogens (primary N) is 1. The van der Waals surface area contributed by atoms with Crippen LogP contribution in [0.4, 0.5) is 13.2 Å². The summed E-state index contributed by atoms with van der Waals surface area (Å²) in [6.45, 7) is -0.341. The summed E-state index contributed by atoms with van der Waals surface area (Å²) in [4.78, 5) is 28.5. The Bertz CT molecular complexity index is 938. The van der Waals surface area contributed by atoms with E-state index >= 15 is 0 Å². The Morgan fingerprint density at radius 2 is 2.03 bits per heavy atom. The standard InChI is InChI=1S/C19H18F3N3O2.CH2O2/c1-18(19(21,22)11-27-10-17(23)25-18)13-8-12(5-6-14(13)20)9-16(26)15-4-2-3-7-24-15;2-1-3/h2-8H,9-11H2,1H3,(H2,23,25);1H,(H,2,3)/t18-;/m1./s1. The molecule has 3 rings (SSSR count). The Kier molecular flexibility index (Phi) is 7.28. The normalized spacial score (nSPS) is 20.2. The minimum absolute atomic E-state index is 0.109. The number of aliphatic imine (C=N–C) groups is 1. The highest BCUT2D eigenvalue weighted by molar-refractivity contribution is 5.95. The maximum atomic E-state index is 14.7. The van der Waals surface area contributed by atoms with Crippen LogP contribution in [0.25, 0.3) is 0 Å². The molecule has 0 saturated carbocycles. The molecular formula is C20H20F3N3O4. The van der Waals surface area contributed by atoms with Crippen LogP contribution in [-0.2, 0) is 21.5 Å². The number of amidine groups is 1. The van der Waals surface area contributed by atoms with E-state index in [1.807, 2.05) is 0 Å². The Morgan fingerprint density at radius 3 is 2.67 bits per heavy atom. The van der Waals surface area contributed by atoms with Crippen molar-refractivity contribution in [2.75, 3.05) is 13.2 Å². The van der Waals surface area contributed by atoms with E-state index in [-0.39, 0.29) is 42.4 Å². The topological polar surface area (TPSA) is 115 Å². The molecule has 0 unspecified atom stereocenters. The summed E-state index contributed by atoms with van der Waals surface area (Å²) >= 11 is 0. The molecule has 1 aliphatic rings. The highest BCUT2D eigenvalue weighted by atomic mass is 19.3. The Hall–Kier alpha value is -3.27. The second-order valence-corrected chi connectivity index (χ2v) is 6.61. The van der Waals surface area contributed by atoms with Gasteiger partial charge in [0.2, 0.25) is 0 Å². The average Bonchev–Trinajstić information content (AvgIpc) is 2.80. The monoisotopic (exact) mass is 423 g/mol. The van der Waals surface area contributed by atoms with Crippen molar-refractivity contribution in [1.82, 2.24) is 4.98 Å². The van der Waals surface area contributed by atoms with Crippen LogP contribution in [0.2, 0.25) is 0 Å². The van der Waals surface area contributed by atoms with Gasteiger partial charge in [-0.2, -0.15) is 0 Å². The zero-order chi connectivity index (χ0) is 22.4. The lowest BCUT2D eigenvalue weighted by molar-refractivity contribution is -0.122. The predicted octanol–water partition coefficient (Wildman–Crippen LogP) is 2.58. The summed E-state index contributed by atoms with van der Waals surface area (Å²) in [6, 6.07) is 8.55. The Labute approximate surface area is 170 Å². The zero-order valence-corrected chi connectivity index (χ0v) is 16.0. The molecule has 0 amide bonds. The average molecular weight is 423 g/mol. The van der Waals surface area contributed by atoms with Gasteiger partial charge in [-0.1, -0.05) is 12.1 Å². The van der Waals surface area contributed by atoms with Gasteiger partial charge >= 0.3 is 0 Å². The number of nitrogens with zero attached hydrogens (tertiary/aromatic N) is 2. The van der Waals surface area contributed by atoms with E-state index in [2.05, 4.69) is 9.98 Å². The van der Waals surface area contributed by atoms with Gasteiger partial charge in [0.05, 0.1) is 0 Å². The molecule has 3 N–H and O–H groups in total. The molecule has 2 aromatic rings. The number of carboxylic acid groups (broad SMARTS) is 1. The molecule has 0 spiro atoms. The van der Waals surface area contributed by atoms with Gasteiger partial charge in [-0.15, -0.1) is 0 Å². The maximum Gasteiger partial charge on any atom is 0.299 e. The van der Waals surface area contributed by atoms with Crippen LogP contribution < -0.4 is 5.73 Å². The molecule has 1 aromatic carbocycles. The first-order valence-corrected chi connectivity index (χ1v) is 8.75. The quantitative estimate of drug-likeness (QED) is 0.577. The van der Waals surface area contributed by atoms with Crippen molar-refractivity contribution in [2.24, 2.45) is 10.7 Å². The molecule has 0 saturated heterocycles. The van der Waals surface area contributed by atoms with Crippen molar-refractivity contribution in [3.05, 3.63) is 65.2 Å². The van der Waals surface area contributed by atoms with E-state index in [4.69, 9.17) is 20.4 Å². The van der Waals surface area contributed by atoms with Crippen molar-refractivity contribution in [3.63, 3.8) is 0 Å². The highest BCUT2D eigenvalue weighted by Gasteiger charge is 2.54. The number of ether oxygens (including phenoxy) is 1. The zero-order valence-electron chi connectivity index (χ0n) is 16.0. The van der Waals surface area contributed by atoms with Crippen LogP contribution in [0.3, 0.4) is 0 Å². The van der Waals surface area contributed by atoms with Gasteiger partial charge in [-0.3, -0.25) is 19.6 Å². The number of aromatic nitrogens is 1. The molecule has 10 heteroatoms. The lowest BCUT2D eigenvalue weighted by Gasteiger charge is -2.33. The summed E-state index contributed by atoms with van der Waals surface area (Å²) in [5.41, 5.74) is 3.65. The summed E-state index contributed by atoms with van der Waals surface area (Å²) in [5.74, 6) is -4.80. The van der Waals surface area contributed by atoms with Gasteiger partial charge in [0.1, 0.15) is 30.6 Å². The smallest absolute Gasteiger partial charge is 0.299 e. The van der Waals surface area contributed by atoms with Crippen molar-refractivity contribution >= 4 is 18.1 Å². The first-order valence-electron chi connectivity index (χ1n) is 8.75. The minimum atomic E-state index is -3.49. The van der Waals surface area contributed by atoms with E-state index in [1.165, 1.54) is 18.3 Å². The molecule has 0 bridgehead atoms. The van der Waals surface area contributed by atoms with E-state index in [1.54, 1.807) is 18.2 Å². The number of hydrogen-bond acceptors (Lipinski definition) is 6. The molecule has 1 aliphatic heterocycles. The van der Waals surface area contributed by atoms with Crippen LogP contribution in [0, 0.1) is 5.82 Å². The number of ketones is 1. The van der Waals surface area contributed by atoms with Gasteiger partial charge < -0.3 is 15.6 Å². The summed E-state index contributed by atoms with van der Waals surface area (Å²) in [7, 11) is 0. The van der Waals surface area contributed by atoms with Crippen molar-refractivity contribution < 1.29 is 32.6 Å². The number of alkyl halides is 2. The largest absolute Gasteiger partial charge is 0.483 e. The number of carbonyl (C=O) groups is 2. The molecule has 30 heavy (non-hydrogen) atoms. The lowest BCUT2D eigenvalue weighted by Crippen LogP contribution is -2.45. The highest BCUT2D eigenvalue weighted by Crippen LogP contribution is 2.43. The third-order valence-corrected chi connectivity index (χ3v) is 4.48. The molecular weight excluding hydrogens is 403 g/mol. The van der Waals surface area contributed by atoms with E-state index < -0.39 is 23.9 Å². The van der Waals surface area contributed by atoms with Gasteiger partial charge in [0.15, 0.2) is 11.3 Å². The molecule has 1 atom stereocenters. The van der Waals surface area contributed by atoms with Crippen molar-refractivity contribution in [1.29, 1.82) is 0 Å². The number of benzene rings is 1. The van der Waals surface area contributed by atoms with Gasteiger partial charge in [0.25, 0.3) is 12.4 Å². The van der Waals surface area contributed by atoms with Crippen LogP contribution in [0.5, 0.6) is 0 Å². The van der Waals surface area contributed by atoms with Crippen LogP contribution in [0.15, 0.2) is 47.6 Å². The number of halogens is 3. The predicted molar refractivity (Wildman–Crippen MR) is 102 cm³/mol. The minimum Gasteiger partial charge on any atom is -0.483 e. The maximum absolute atomic E-state index is 14.7. The molecule has 160 valence electrons. The molecule has 0 fully saturated rings. The molecule has 0 aliphatic carbocycles. The number of carbonyl (C=O) groups excluding carboxylic acids is 1. The second kappa shape index (κ2) is 9.49. The van der Waals surface area contributed by atoms with Gasteiger partial charge in [-0.05, 0) is 36.8 Å². The van der Waals surface area contributed by atoms with Gasteiger partial charge in [-0.25, -0.2) is 13.2 Å².